The number of quaternary nitrogens is 2. The van der Waals surface area contributed by atoms with Gasteiger partial charge in [-0.1, -0.05) is 6.42 Å². The van der Waals surface area contributed by atoms with Crippen LogP contribution in [0.2, 0.25) is 0 Å². The fourth-order valence-electron chi connectivity index (χ4n) is 4.60. The van der Waals surface area contributed by atoms with Crippen molar-refractivity contribution >= 4 is 5.91 Å². The molecule has 2 saturated heterocycles. The summed E-state index contributed by atoms with van der Waals surface area (Å²) in [5, 5.41) is 3.10. The number of rotatable bonds is 5. The summed E-state index contributed by atoms with van der Waals surface area (Å²) in [6.07, 6.45) is 9.58. The Morgan fingerprint density at radius 2 is 1.83 bits per heavy atom. The number of amides is 1. The van der Waals surface area contributed by atoms with E-state index in [2.05, 4.69) is 12.2 Å². The molecule has 132 valence electrons. The van der Waals surface area contributed by atoms with E-state index in [0.717, 1.165) is 38.6 Å². The zero-order chi connectivity index (χ0) is 16.1. The summed E-state index contributed by atoms with van der Waals surface area (Å²) in [5.41, 5.74) is 0. The second-order valence-corrected chi connectivity index (χ2v) is 7.75. The quantitative estimate of drug-likeness (QED) is 0.594. The lowest BCUT2D eigenvalue weighted by molar-refractivity contribution is -1.03. The van der Waals surface area contributed by atoms with Crippen molar-refractivity contribution in [2.24, 2.45) is 0 Å². The van der Waals surface area contributed by atoms with Crippen LogP contribution in [0.4, 0.5) is 0 Å². The highest BCUT2D eigenvalue weighted by Crippen LogP contribution is 2.15. The minimum atomic E-state index is 0.0734. The van der Waals surface area contributed by atoms with Gasteiger partial charge in [0.05, 0.1) is 12.1 Å². The number of ether oxygens (including phenoxy) is 1. The number of hydrogen-bond acceptors (Lipinski definition) is 2. The molecule has 3 fully saturated rings. The molecule has 5 heteroatoms. The Kier molecular flexibility index (Phi) is 6.31. The number of carbonyl (C=O) groups is 1. The van der Waals surface area contributed by atoms with E-state index >= 15 is 0 Å². The first-order valence-corrected chi connectivity index (χ1v) is 9.82. The van der Waals surface area contributed by atoms with Crippen LogP contribution in [0.5, 0.6) is 0 Å². The zero-order valence-corrected chi connectivity index (χ0v) is 14.7. The van der Waals surface area contributed by atoms with Gasteiger partial charge in [0.25, 0.3) is 5.91 Å². The predicted octanol–water partition coefficient (Wildman–Crippen LogP) is -1.21. The molecule has 2 heterocycles. The van der Waals surface area contributed by atoms with Crippen LogP contribution < -0.4 is 15.1 Å². The Labute approximate surface area is 140 Å². The third kappa shape index (κ3) is 4.68. The van der Waals surface area contributed by atoms with Crippen molar-refractivity contribution in [3.05, 3.63) is 0 Å². The van der Waals surface area contributed by atoms with Gasteiger partial charge >= 0.3 is 0 Å². The van der Waals surface area contributed by atoms with E-state index in [0.29, 0.717) is 6.54 Å². The summed E-state index contributed by atoms with van der Waals surface area (Å²) in [5.74, 6) is 0.205. The van der Waals surface area contributed by atoms with E-state index in [4.69, 9.17) is 4.74 Å². The van der Waals surface area contributed by atoms with Crippen LogP contribution in [0, 0.1) is 0 Å². The molecule has 0 aromatic rings. The van der Waals surface area contributed by atoms with Crippen molar-refractivity contribution < 1.29 is 19.3 Å². The fourth-order valence-corrected chi connectivity index (χ4v) is 4.60. The van der Waals surface area contributed by atoms with Gasteiger partial charge in [-0.3, -0.25) is 4.79 Å². The van der Waals surface area contributed by atoms with Crippen molar-refractivity contribution in [3.63, 3.8) is 0 Å². The summed E-state index contributed by atoms with van der Waals surface area (Å²) in [6.45, 7) is 8.39. The SMILES string of the molecule is C[C@@H](C(=O)NC[C@@H]1CCCO1)[NH+]1CC[NH+](C2CCCCC2)CC1. The van der Waals surface area contributed by atoms with Crippen LogP contribution in [0.1, 0.15) is 51.9 Å². The van der Waals surface area contributed by atoms with E-state index in [1.54, 1.807) is 4.90 Å². The monoisotopic (exact) mass is 325 g/mol. The molecule has 1 aliphatic carbocycles. The molecule has 0 radical (unpaired) electrons. The maximum atomic E-state index is 12.4. The Bertz CT molecular complexity index is 370. The average Bonchev–Trinajstić information content (AvgIpc) is 3.13. The van der Waals surface area contributed by atoms with Gasteiger partial charge in [-0.25, -0.2) is 0 Å². The molecule has 2 aliphatic heterocycles. The molecule has 0 spiro atoms. The number of piperazine rings is 1. The second-order valence-electron chi connectivity index (χ2n) is 7.75. The molecule has 0 aromatic heterocycles. The van der Waals surface area contributed by atoms with Gasteiger partial charge in [0.1, 0.15) is 26.2 Å². The molecule has 1 saturated carbocycles. The highest BCUT2D eigenvalue weighted by molar-refractivity contribution is 5.79. The lowest BCUT2D eigenvalue weighted by Crippen LogP contribution is -3.31. The van der Waals surface area contributed by atoms with Crippen molar-refractivity contribution in [1.82, 2.24) is 5.32 Å². The second kappa shape index (κ2) is 8.45. The van der Waals surface area contributed by atoms with Gasteiger partial charge in [0.2, 0.25) is 0 Å². The van der Waals surface area contributed by atoms with Crippen molar-refractivity contribution in [3.8, 4) is 0 Å². The van der Waals surface area contributed by atoms with Crippen LogP contribution in [0.3, 0.4) is 0 Å². The number of carbonyl (C=O) groups excluding carboxylic acids is 1. The van der Waals surface area contributed by atoms with Gasteiger partial charge in [-0.2, -0.15) is 0 Å². The first-order valence-electron chi connectivity index (χ1n) is 9.82. The van der Waals surface area contributed by atoms with Gasteiger partial charge in [-0.05, 0) is 45.4 Å². The lowest BCUT2D eigenvalue weighted by atomic mass is 9.94. The fraction of sp³-hybridized carbons (Fsp3) is 0.944. The van der Waals surface area contributed by atoms with E-state index in [9.17, 15) is 4.79 Å². The molecule has 5 nitrogen and oxygen atoms in total. The molecule has 23 heavy (non-hydrogen) atoms. The van der Waals surface area contributed by atoms with Gasteiger partial charge in [0.15, 0.2) is 6.04 Å². The van der Waals surface area contributed by atoms with Crippen LogP contribution in [-0.4, -0.2) is 63.4 Å². The topological polar surface area (TPSA) is 47.2 Å². The third-order valence-electron chi connectivity index (χ3n) is 6.25. The van der Waals surface area contributed by atoms with E-state index in [1.807, 2.05) is 0 Å². The Morgan fingerprint density at radius 1 is 1.09 bits per heavy atom. The largest absolute Gasteiger partial charge is 0.376 e. The van der Waals surface area contributed by atoms with E-state index < -0.39 is 0 Å². The van der Waals surface area contributed by atoms with Crippen LogP contribution in [0.25, 0.3) is 0 Å². The van der Waals surface area contributed by atoms with Crippen LogP contribution in [-0.2, 0) is 9.53 Å². The molecule has 2 atom stereocenters. The molecule has 0 unspecified atom stereocenters. The van der Waals surface area contributed by atoms with Crippen molar-refractivity contribution in [1.29, 1.82) is 0 Å². The Hall–Kier alpha value is -0.650. The molecular formula is C18H35N3O2+2. The zero-order valence-electron chi connectivity index (χ0n) is 14.7. The highest BCUT2D eigenvalue weighted by Gasteiger charge is 2.34. The normalized spacial score (nSPS) is 34.2. The Morgan fingerprint density at radius 3 is 2.48 bits per heavy atom. The number of hydrogen-bond donors (Lipinski definition) is 3. The van der Waals surface area contributed by atoms with E-state index in [1.165, 1.54) is 50.1 Å². The number of nitrogens with one attached hydrogen (secondary N) is 3. The predicted molar refractivity (Wildman–Crippen MR) is 89.7 cm³/mol. The summed E-state index contributed by atoms with van der Waals surface area (Å²) < 4.78 is 5.58. The van der Waals surface area contributed by atoms with Gasteiger partial charge in [-0.15, -0.1) is 0 Å². The molecule has 3 aliphatic rings. The standard InChI is InChI=1S/C18H33N3O2/c1-15(18(22)19-14-17-8-5-13-23-17)20-9-11-21(12-10-20)16-6-3-2-4-7-16/h15-17H,2-14H2,1H3,(H,19,22)/p+2/t15-,17-/m0/s1. The summed E-state index contributed by atoms with van der Waals surface area (Å²) >= 11 is 0. The summed E-state index contributed by atoms with van der Waals surface area (Å²) in [4.78, 5) is 15.7. The first-order chi connectivity index (χ1) is 11.2. The maximum Gasteiger partial charge on any atom is 0.278 e. The molecule has 0 aromatic carbocycles. The average molecular weight is 325 g/mol. The first kappa shape index (κ1) is 17.2. The summed E-state index contributed by atoms with van der Waals surface area (Å²) in [6, 6.07) is 0.971. The third-order valence-corrected chi connectivity index (χ3v) is 6.25. The van der Waals surface area contributed by atoms with Crippen LogP contribution >= 0.6 is 0 Å². The highest BCUT2D eigenvalue weighted by atomic mass is 16.5. The lowest BCUT2D eigenvalue weighted by Gasteiger charge is -2.37. The molecule has 1 amide bonds. The molecular weight excluding hydrogens is 290 g/mol. The minimum absolute atomic E-state index is 0.0734. The smallest absolute Gasteiger partial charge is 0.278 e. The van der Waals surface area contributed by atoms with E-state index in [-0.39, 0.29) is 18.1 Å². The minimum Gasteiger partial charge on any atom is -0.376 e. The van der Waals surface area contributed by atoms with Crippen molar-refractivity contribution in [2.45, 2.75) is 70.1 Å². The maximum absolute atomic E-state index is 12.4. The molecule has 3 rings (SSSR count). The van der Waals surface area contributed by atoms with Gasteiger partial charge in [0, 0.05) is 13.2 Å². The molecule has 3 N–H and O–H groups in total. The summed E-state index contributed by atoms with van der Waals surface area (Å²) in [7, 11) is 0. The molecule has 0 bridgehead atoms. The van der Waals surface area contributed by atoms with Crippen LogP contribution in [0.15, 0.2) is 0 Å². The Balaban J connectivity index is 1.38. The van der Waals surface area contributed by atoms with Gasteiger partial charge < -0.3 is 19.9 Å². The van der Waals surface area contributed by atoms with Crippen molar-refractivity contribution in [2.75, 3.05) is 39.3 Å².